The molecule has 25 heavy (non-hydrogen) atoms. The number of carbonyl (C=O) groups is 1. The standard InChI is InChI=1S/C21H22N2O.ClH/c1-23(15-16-7-3-2-4-8-16)21(24)20(22)14-17-11-12-18-9-5-6-10-19(18)13-17;/h2-13,20H,14-15,22H2,1H3;1H. The van der Waals surface area contributed by atoms with Gasteiger partial charge in [0.1, 0.15) is 0 Å². The Balaban J connectivity index is 0.00000225. The maximum Gasteiger partial charge on any atom is 0.239 e. The Labute approximate surface area is 154 Å². The largest absolute Gasteiger partial charge is 0.340 e. The van der Waals surface area contributed by atoms with Gasteiger partial charge in [-0.25, -0.2) is 0 Å². The average molecular weight is 355 g/mol. The molecule has 0 saturated heterocycles. The van der Waals surface area contributed by atoms with Crippen LogP contribution in [0.3, 0.4) is 0 Å². The van der Waals surface area contributed by atoms with Gasteiger partial charge in [-0.3, -0.25) is 4.79 Å². The van der Waals surface area contributed by atoms with Gasteiger partial charge in [-0.15, -0.1) is 12.4 Å². The van der Waals surface area contributed by atoms with Gasteiger partial charge in [0, 0.05) is 13.6 Å². The van der Waals surface area contributed by atoms with Crippen molar-refractivity contribution in [1.82, 2.24) is 4.90 Å². The molecule has 0 bridgehead atoms. The summed E-state index contributed by atoms with van der Waals surface area (Å²) in [4.78, 5) is 14.2. The van der Waals surface area contributed by atoms with Crippen molar-refractivity contribution in [3.8, 4) is 0 Å². The zero-order valence-corrected chi connectivity index (χ0v) is 15.1. The molecule has 0 aliphatic rings. The lowest BCUT2D eigenvalue weighted by molar-refractivity contribution is -0.131. The highest BCUT2D eigenvalue weighted by molar-refractivity contribution is 5.85. The minimum absolute atomic E-state index is 0. The van der Waals surface area contributed by atoms with Gasteiger partial charge < -0.3 is 10.6 Å². The smallest absolute Gasteiger partial charge is 0.239 e. The van der Waals surface area contributed by atoms with Crippen LogP contribution in [0, 0.1) is 0 Å². The fraction of sp³-hybridized carbons (Fsp3) is 0.190. The molecule has 3 aromatic rings. The number of halogens is 1. The molecule has 1 atom stereocenters. The van der Waals surface area contributed by atoms with Crippen molar-refractivity contribution in [1.29, 1.82) is 0 Å². The van der Waals surface area contributed by atoms with E-state index in [9.17, 15) is 4.79 Å². The predicted octanol–water partition coefficient (Wildman–Crippen LogP) is 3.79. The van der Waals surface area contributed by atoms with Gasteiger partial charge in [0.2, 0.25) is 5.91 Å². The molecule has 0 aliphatic heterocycles. The number of benzene rings is 3. The number of rotatable bonds is 5. The van der Waals surface area contributed by atoms with E-state index in [0.29, 0.717) is 13.0 Å². The van der Waals surface area contributed by atoms with Gasteiger partial charge in [-0.1, -0.05) is 72.8 Å². The van der Waals surface area contributed by atoms with Crippen molar-refractivity contribution >= 4 is 29.1 Å². The third kappa shape index (κ3) is 4.81. The van der Waals surface area contributed by atoms with E-state index in [1.165, 1.54) is 10.8 Å². The van der Waals surface area contributed by atoms with Crippen LogP contribution >= 0.6 is 12.4 Å². The second-order valence-electron chi connectivity index (χ2n) is 6.17. The Kier molecular flexibility index (Phi) is 6.57. The second-order valence-corrected chi connectivity index (χ2v) is 6.17. The molecule has 0 radical (unpaired) electrons. The monoisotopic (exact) mass is 354 g/mol. The molecule has 1 unspecified atom stereocenters. The second kappa shape index (κ2) is 8.65. The van der Waals surface area contributed by atoms with E-state index in [1.807, 2.05) is 48.5 Å². The third-order valence-electron chi connectivity index (χ3n) is 4.23. The fourth-order valence-electron chi connectivity index (χ4n) is 2.93. The van der Waals surface area contributed by atoms with Crippen molar-refractivity contribution in [2.45, 2.75) is 19.0 Å². The maximum atomic E-state index is 12.5. The van der Waals surface area contributed by atoms with E-state index >= 15 is 0 Å². The summed E-state index contributed by atoms with van der Waals surface area (Å²) in [5, 5.41) is 2.37. The number of hydrogen-bond acceptors (Lipinski definition) is 2. The predicted molar refractivity (Wildman–Crippen MR) is 106 cm³/mol. The summed E-state index contributed by atoms with van der Waals surface area (Å²) in [5.74, 6) is -0.0352. The molecule has 130 valence electrons. The SMILES string of the molecule is CN(Cc1ccccc1)C(=O)C(N)Cc1ccc2ccccc2c1.Cl. The quantitative estimate of drug-likeness (QED) is 0.757. The van der Waals surface area contributed by atoms with E-state index in [0.717, 1.165) is 11.1 Å². The number of nitrogens with zero attached hydrogens (tertiary/aromatic N) is 1. The summed E-state index contributed by atoms with van der Waals surface area (Å²) in [7, 11) is 1.80. The van der Waals surface area contributed by atoms with Crippen LogP contribution in [-0.2, 0) is 17.8 Å². The van der Waals surface area contributed by atoms with E-state index < -0.39 is 6.04 Å². The summed E-state index contributed by atoms with van der Waals surface area (Å²) in [6.07, 6.45) is 0.544. The zero-order chi connectivity index (χ0) is 16.9. The van der Waals surface area contributed by atoms with Crippen LogP contribution < -0.4 is 5.73 Å². The van der Waals surface area contributed by atoms with Crippen LogP contribution in [0.1, 0.15) is 11.1 Å². The molecule has 4 heteroatoms. The normalized spacial score (nSPS) is 11.6. The number of likely N-dealkylation sites (N-methyl/N-ethyl adjacent to an activating group) is 1. The first-order valence-corrected chi connectivity index (χ1v) is 8.15. The lowest BCUT2D eigenvalue weighted by atomic mass is 10.0. The van der Waals surface area contributed by atoms with Crippen LogP contribution in [-0.4, -0.2) is 23.9 Å². The Morgan fingerprint density at radius 1 is 0.920 bits per heavy atom. The fourth-order valence-corrected chi connectivity index (χ4v) is 2.93. The summed E-state index contributed by atoms with van der Waals surface area (Å²) < 4.78 is 0. The molecule has 0 aromatic heterocycles. The Morgan fingerprint density at radius 3 is 2.28 bits per heavy atom. The molecule has 0 aliphatic carbocycles. The zero-order valence-electron chi connectivity index (χ0n) is 14.3. The maximum absolute atomic E-state index is 12.5. The summed E-state index contributed by atoms with van der Waals surface area (Å²) >= 11 is 0. The van der Waals surface area contributed by atoms with E-state index in [4.69, 9.17) is 5.73 Å². The van der Waals surface area contributed by atoms with Gasteiger partial charge in [0.25, 0.3) is 0 Å². The van der Waals surface area contributed by atoms with Crippen LogP contribution in [0.4, 0.5) is 0 Å². The molecule has 0 saturated carbocycles. The molecule has 2 N–H and O–H groups in total. The lowest BCUT2D eigenvalue weighted by Crippen LogP contribution is -2.42. The Morgan fingerprint density at radius 2 is 1.56 bits per heavy atom. The van der Waals surface area contributed by atoms with Crippen molar-refractivity contribution in [3.05, 3.63) is 83.9 Å². The van der Waals surface area contributed by atoms with Crippen molar-refractivity contribution in [3.63, 3.8) is 0 Å². The highest BCUT2D eigenvalue weighted by Gasteiger charge is 2.18. The molecule has 3 rings (SSSR count). The molecule has 0 fully saturated rings. The number of nitrogens with two attached hydrogens (primary N) is 1. The number of amides is 1. The molecule has 3 nitrogen and oxygen atoms in total. The average Bonchev–Trinajstić information content (AvgIpc) is 2.61. The third-order valence-corrected chi connectivity index (χ3v) is 4.23. The molecule has 3 aromatic carbocycles. The number of carbonyl (C=O) groups excluding carboxylic acids is 1. The van der Waals surface area contributed by atoms with E-state index in [1.54, 1.807) is 11.9 Å². The van der Waals surface area contributed by atoms with E-state index in [2.05, 4.69) is 24.3 Å². The minimum atomic E-state index is -0.528. The molecule has 0 heterocycles. The molecular formula is C21H23ClN2O. The van der Waals surface area contributed by atoms with Gasteiger partial charge in [0.15, 0.2) is 0 Å². The highest BCUT2D eigenvalue weighted by Crippen LogP contribution is 2.17. The first kappa shape index (κ1) is 19.0. The van der Waals surface area contributed by atoms with E-state index in [-0.39, 0.29) is 18.3 Å². The van der Waals surface area contributed by atoms with Crippen molar-refractivity contribution in [2.24, 2.45) is 5.73 Å². The van der Waals surface area contributed by atoms with Crippen LogP contribution in [0.2, 0.25) is 0 Å². The first-order valence-electron chi connectivity index (χ1n) is 8.15. The minimum Gasteiger partial charge on any atom is -0.340 e. The summed E-state index contributed by atoms with van der Waals surface area (Å²) in [6.45, 7) is 0.574. The summed E-state index contributed by atoms with van der Waals surface area (Å²) in [6, 6.07) is 23.9. The Bertz CT molecular complexity index is 835. The van der Waals surface area contributed by atoms with Gasteiger partial charge in [-0.05, 0) is 28.3 Å². The van der Waals surface area contributed by atoms with Gasteiger partial charge in [0.05, 0.1) is 6.04 Å². The van der Waals surface area contributed by atoms with Gasteiger partial charge in [-0.2, -0.15) is 0 Å². The van der Waals surface area contributed by atoms with Crippen LogP contribution in [0.25, 0.3) is 10.8 Å². The number of hydrogen-bond donors (Lipinski definition) is 1. The summed E-state index contributed by atoms with van der Waals surface area (Å²) in [5.41, 5.74) is 8.35. The molecular weight excluding hydrogens is 332 g/mol. The molecule has 0 spiro atoms. The van der Waals surface area contributed by atoms with Crippen molar-refractivity contribution < 1.29 is 4.79 Å². The molecule has 1 amide bonds. The van der Waals surface area contributed by atoms with Crippen LogP contribution in [0.15, 0.2) is 72.8 Å². The lowest BCUT2D eigenvalue weighted by Gasteiger charge is -2.21. The van der Waals surface area contributed by atoms with Crippen LogP contribution in [0.5, 0.6) is 0 Å². The van der Waals surface area contributed by atoms with Gasteiger partial charge >= 0.3 is 0 Å². The first-order chi connectivity index (χ1) is 11.6. The number of fused-ring (bicyclic) bond motifs is 1. The Hall–Kier alpha value is -2.36. The van der Waals surface area contributed by atoms with Crippen molar-refractivity contribution in [2.75, 3.05) is 7.05 Å². The topological polar surface area (TPSA) is 46.3 Å². The highest BCUT2D eigenvalue weighted by atomic mass is 35.5.